The molecular weight excluding hydrogens is 588 g/mol. The monoisotopic (exact) mass is 623 g/mol. The summed E-state index contributed by atoms with van der Waals surface area (Å²) >= 11 is 0. The van der Waals surface area contributed by atoms with E-state index < -0.39 is 30.0 Å². The quantitative estimate of drug-likeness (QED) is 0.284. The molecule has 5 rings (SSSR count). The van der Waals surface area contributed by atoms with Crippen molar-refractivity contribution in [3.63, 3.8) is 0 Å². The number of fused-ring (bicyclic) bond motifs is 1. The molecule has 1 atom stereocenters. The average Bonchev–Trinajstić information content (AvgIpc) is 2.97. The molecule has 1 saturated heterocycles. The minimum atomic E-state index is -5.08. The fourth-order valence-electron chi connectivity index (χ4n) is 5.33. The van der Waals surface area contributed by atoms with Crippen LogP contribution >= 0.6 is 0 Å². The number of anilines is 2. The molecule has 238 valence electrons. The third-order valence-corrected chi connectivity index (χ3v) is 7.50. The van der Waals surface area contributed by atoms with Crippen molar-refractivity contribution in [2.45, 2.75) is 64.6 Å². The smallest absolute Gasteiger partial charge is 0.475 e. The van der Waals surface area contributed by atoms with Crippen LogP contribution in [-0.2, 0) is 24.3 Å². The van der Waals surface area contributed by atoms with Crippen molar-refractivity contribution in [3.05, 3.63) is 82.7 Å². The SMILES string of the molecule is CC(C)Nc1nc2c(nc1N1CCC(C(F)c3ccc(F)cc3F)CC1)CN(Cc1ccccc1)CC2.O=C(O)C(F)(F)F. The van der Waals surface area contributed by atoms with Crippen LogP contribution in [-0.4, -0.2) is 57.8 Å². The second-order valence-corrected chi connectivity index (χ2v) is 11.2. The first-order valence-corrected chi connectivity index (χ1v) is 14.4. The molecule has 13 heteroatoms. The molecular formula is C31H35F6N5O2. The number of hydrogen-bond donors (Lipinski definition) is 2. The van der Waals surface area contributed by atoms with Crippen molar-refractivity contribution in [3.8, 4) is 0 Å². The summed E-state index contributed by atoms with van der Waals surface area (Å²) in [5.41, 5.74) is 3.24. The fraction of sp³-hybridized carbons (Fsp3) is 0.452. The summed E-state index contributed by atoms with van der Waals surface area (Å²) in [6.45, 7) is 7.88. The van der Waals surface area contributed by atoms with Crippen molar-refractivity contribution < 1.29 is 36.2 Å². The summed E-state index contributed by atoms with van der Waals surface area (Å²) in [7, 11) is 0. The van der Waals surface area contributed by atoms with Gasteiger partial charge in [-0.2, -0.15) is 13.2 Å². The van der Waals surface area contributed by atoms with Gasteiger partial charge in [-0.1, -0.05) is 36.4 Å². The summed E-state index contributed by atoms with van der Waals surface area (Å²) in [6.07, 6.45) is -4.59. The van der Waals surface area contributed by atoms with Crippen LogP contribution in [0, 0.1) is 17.6 Å². The normalized spacial score (nSPS) is 16.6. The number of carboxylic acids is 1. The molecule has 2 N–H and O–H groups in total. The summed E-state index contributed by atoms with van der Waals surface area (Å²) in [5, 5.41) is 10.6. The lowest BCUT2D eigenvalue weighted by molar-refractivity contribution is -0.192. The van der Waals surface area contributed by atoms with E-state index in [2.05, 4.69) is 53.2 Å². The number of carboxylic acid groups (broad SMARTS) is 1. The number of carbonyl (C=O) groups is 1. The molecule has 2 aliphatic rings. The van der Waals surface area contributed by atoms with Crippen molar-refractivity contribution in [2.24, 2.45) is 5.92 Å². The van der Waals surface area contributed by atoms with E-state index >= 15 is 4.39 Å². The maximum atomic E-state index is 15.2. The molecule has 0 bridgehead atoms. The molecule has 0 amide bonds. The van der Waals surface area contributed by atoms with Crippen molar-refractivity contribution in [2.75, 3.05) is 29.9 Å². The van der Waals surface area contributed by atoms with E-state index in [9.17, 15) is 22.0 Å². The van der Waals surface area contributed by atoms with Gasteiger partial charge in [-0.25, -0.2) is 27.9 Å². The van der Waals surface area contributed by atoms with Crippen molar-refractivity contribution in [1.82, 2.24) is 14.9 Å². The lowest BCUT2D eigenvalue weighted by atomic mass is 9.88. The molecule has 1 aromatic heterocycles. The van der Waals surface area contributed by atoms with Gasteiger partial charge in [-0.05, 0) is 44.2 Å². The number of nitrogens with zero attached hydrogens (tertiary/aromatic N) is 4. The number of aromatic nitrogens is 2. The number of halogens is 6. The highest BCUT2D eigenvalue weighted by molar-refractivity contribution is 5.73. The van der Waals surface area contributed by atoms with Crippen LogP contribution in [0.15, 0.2) is 48.5 Å². The molecule has 0 saturated carbocycles. The maximum absolute atomic E-state index is 15.2. The molecule has 0 spiro atoms. The second-order valence-electron chi connectivity index (χ2n) is 11.2. The molecule has 7 nitrogen and oxygen atoms in total. The molecule has 1 fully saturated rings. The zero-order chi connectivity index (χ0) is 32.0. The van der Waals surface area contributed by atoms with Crippen LogP contribution < -0.4 is 10.2 Å². The van der Waals surface area contributed by atoms with Crippen LogP contribution in [0.3, 0.4) is 0 Å². The van der Waals surface area contributed by atoms with Gasteiger partial charge in [0.05, 0.1) is 11.4 Å². The zero-order valence-electron chi connectivity index (χ0n) is 24.4. The Kier molecular flexibility index (Phi) is 10.7. The first-order valence-electron chi connectivity index (χ1n) is 14.4. The van der Waals surface area contributed by atoms with E-state index in [1.165, 1.54) is 11.6 Å². The number of rotatable bonds is 7. The van der Waals surface area contributed by atoms with Gasteiger partial charge < -0.3 is 15.3 Å². The second kappa shape index (κ2) is 14.3. The van der Waals surface area contributed by atoms with Gasteiger partial charge in [0.25, 0.3) is 0 Å². The van der Waals surface area contributed by atoms with Crippen LogP contribution in [0.1, 0.15) is 55.4 Å². The first kappa shape index (κ1) is 33.0. The van der Waals surface area contributed by atoms with Gasteiger partial charge in [-0.3, -0.25) is 4.90 Å². The Balaban J connectivity index is 0.000000566. The molecule has 1 unspecified atom stereocenters. The highest BCUT2D eigenvalue weighted by atomic mass is 19.4. The number of hydrogen-bond acceptors (Lipinski definition) is 6. The Morgan fingerprint density at radius 2 is 1.68 bits per heavy atom. The number of aliphatic carboxylic acids is 1. The lowest BCUT2D eigenvalue weighted by Crippen LogP contribution is -2.38. The number of alkyl halides is 4. The van der Waals surface area contributed by atoms with E-state index in [0.717, 1.165) is 61.2 Å². The van der Waals surface area contributed by atoms with Gasteiger partial charge in [-0.15, -0.1) is 0 Å². The minimum absolute atomic E-state index is 0.0610. The van der Waals surface area contributed by atoms with Crippen LogP contribution in [0.2, 0.25) is 0 Å². The van der Waals surface area contributed by atoms with Crippen LogP contribution in [0.25, 0.3) is 0 Å². The topological polar surface area (TPSA) is 81.6 Å². The van der Waals surface area contributed by atoms with Gasteiger partial charge in [0.1, 0.15) is 17.8 Å². The highest BCUT2D eigenvalue weighted by Crippen LogP contribution is 2.37. The third-order valence-electron chi connectivity index (χ3n) is 7.50. The molecule has 0 radical (unpaired) electrons. The average molecular weight is 624 g/mol. The Bertz CT molecular complexity index is 1410. The maximum Gasteiger partial charge on any atom is 0.490 e. The fourth-order valence-corrected chi connectivity index (χ4v) is 5.33. The molecule has 2 aromatic carbocycles. The lowest BCUT2D eigenvalue weighted by Gasteiger charge is -2.36. The Morgan fingerprint density at radius 1 is 1.02 bits per heavy atom. The van der Waals surface area contributed by atoms with E-state index in [1.807, 2.05) is 6.07 Å². The molecule has 3 heterocycles. The molecule has 0 aliphatic carbocycles. The van der Waals surface area contributed by atoms with Gasteiger partial charge in [0, 0.05) is 56.8 Å². The number of nitrogens with one attached hydrogen (secondary N) is 1. The Hall–Kier alpha value is -3.87. The van der Waals surface area contributed by atoms with E-state index in [-0.39, 0.29) is 17.5 Å². The van der Waals surface area contributed by atoms with Crippen molar-refractivity contribution in [1.29, 1.82) is 0 Å². The van der Waals surface area contributed by atoms with Crippen LogP contribution in [0.4, 0.5) is 38.0 Å². The van der Waals surface area contributed by atoms with E-state index in [1.54, 1.807) is 0 Å². The Labute approximate surface area is 251 Å². The molecule has 3 aromatic rings. The number of piperidine rings is 1. The zero-order valence-corrected chi connectivity index (χ0v) is 24.4. The summed E-state index contributed by atoms with van der Waals surface area (Å²) in [6, 6.07) is 13.7. The predicted molar refractivity (Wildman–Crippen MR) is 154 cm³/mol. The largest absolute Gasteiger partial charge is 0.490 e. The first-order chi connectivity index (χ1) is 20.8. The standard InChI is InChI=1S/C29H34F3N5.C2HF3O2/c1-19(2)33-28-29(35-26-18-36(13-12-25(26)34-28)17-20-6-4-3-5-7-20)37-14-10-21(11-15-37)27(32)23-9-8-22(30)16-24(23)31;3-2(4,5)1(6)7/h3-9,16,19,21,27H,10-15,17-18H2,1-2H3,(H,33,34);(H,6,7). The van der Waals surface area contributed by atoms with Gasteiger partial charge in [0.15, 0.2) is 11.6 Å². The summed E-state index contributed by atoms with van der Waals surface area (Å²) < 4.78 is 74.4. The van der Waals surface area contributed by atoms with E-state index in [4.69, 9.17) is 19.9 Å². The summed E-state index contributed by atoms with van der Waals surface area (Å²) in [5.74, 6) is -3.03. The predicted octanol–water partition coefficient (Wildman–Crippen LogP) is 6.69. The Morgan fingerprint density at radius 3 is 2.27 bits per heavy atom. The van der Waals surface area contributed by atoms with Crippen LogP contribution in [0.5, 0.6) is 0 Å². The van der Waals surface area contributed by atoms with Gasteiger partial charge in [0.2, 0.25) is 0 Å². The highest BCUT2D eigenvalue weighted by Gasteiger charge is 2.38. The molecule has 2 aliphatic heterocycles. The van der Waals surface area contributed by atoms with E-state index in [0.29, 0.717) is 25.9 Å². The minimum Gasteiger partial charge on any atom is -0.475 e. The number of benzene rings is 2. The molecule has 44 heavy (non-hydrogen) atoms. The summed E-state index contributed by atoms with van der Waals surface area (Å²) in [4.78, 5) is 23.5. The van der Waals surface area contributed by atoms with Crippen molar-refractivity contribution >= 4 is 17.6 Å². The van der Waals surface area contributed by atoms with Gasteiger partial charge >= 0.3 is 12.1 Å². The third kappa shape index (κ3) is 8.61.